The first-order chi connectivity index (χ1) is 8.70. The highest BCUT2D eigenvalue weighted by molar-refractivity contribution is 7.10. The van der Waals surface area contributed by atoms with Crippen molar-refractivity contribution in [2.45, 2.75) is 32.7 Å². The summed E-state index contributed by atoms with van der Waals surface area (Å²) in [5.41, 5.74) is 7.52. The van der Waals surface area contributed by atoms with Gasteiger partial charge in [-0.25, -0.2) is 4.98 Å². The number of thiophene rings is 1. The molecule has 96 valence electrons. The van der Waals surface area contributed by atoms with Crippen LogP contribution in [0.4, 0.5) is 11.5 Å². The number of nitrogens with one attached hydrogen (secondary N) is 1. The smallest absolute Gasteiger partial charge is 0.129 e. The van der Waals surface area contributed by atoms with Crippen molar-refractivity contribution in [3.8, 4) is 0 Å². The van der Waals surface area contributed by atoms with E-state index < -0.39 is 0 Å². The molecule has 1 unspecified atom stereocenters. The van der Waals surface area contributed by atoms with Gasteiger partial charge in [-0.3, -0.25) is 0 Å². The van der Waals surface area contributed by atoms with Gasteiger partial charge in [0.05, 0.1) is 17.9 Å². The van der Waals surface area contributed by atoms with E-state index in [1.54, 1.807) is 17.5 Å². The van der Waals surface area contributed by atoms with Gasteiger partial charge in [0.25, 0.3) is 0 Å². The molecule has 0 saturated carbocycles. The molecule has 2 aromatic heterocycles. The maximum atomic E-state index is 5.72. The van der Waals surface area contributed by atoms with Crippen LogP contribution in [-0.2, 0) is 0 Å². The third-order valence-corrected chi connectivity index (χ3v) is 3.86. The van der Waals surface area contributed by atoms with Gasteiger partial charge in [0, 0.05) is 4.88 Å². The predicted octanol–water partition coefficient (Wildman–Crippen LogP) is 3.99. The van der Waals surface area contributed by atoms with Gasteiger partial charge in [0.1, 0.15) is 5.82 Å². The van der Waals surface area contributed by atoms with Gasteiger partial charge in [0.2, 0.25) is 0 Å². The fraction of sp³-hybridized carbons (Fsp3) is 0.357. The lowest BCUT2D eigenvalue weighted by Crippen LogP contribution is -2.11. The molecule has 0 radical (unpaired) electrons. The molecule has 18 heavy (non-hydrogen) atoms. The molecule has 0 aliphatic carbocycles. The summed E-state index contributed by atoms with van der Waals surface area (Å²) < 4.78 is 0. The molecule has 0 aliphatic rings. The van der Waals surface area contributed by atoms with Crippen LogP contribution in [0.3, 0.4) is 0 Å². The first-order valence-corrected chi connectivity index (χ1v) is 7.10. The second-order valence-corrected chi connectivity index (χ2v) is 5.41. The predicted molar refractivity (Wildman–Crippen MR) is 79.0 cm³/mol. The zero-order valence-corrected chi connectivity index (χ0v) is 11.6. The van der Waals surface area contributed by atoms with E-state index in [4.69, 9.17) is 5.73 Å². The topological polar surface area (TPSA) is 50.9 Å². The molecule has 0 amide bonds. The molecule has 0 bridgehead atoms. The average molecular weight is 261 g/mol. The molecule has 3 N–H and O–H groups in total. The molecule has 1 atom stereocenters. The summed E-state index contributed by atoms with van der Waals surface area (Å²) in [4.78, 5) is 5.73. The van der Waals surface area contributed by atoms with E-state index in [1.807, 2.05) is 13.0 Å². The molecule has 2 rings (SSSR count). The van der Waals surface area contributed by atoms with Gasteiger partial charge in [-0.2, -0.15) is 0 Å². The third-order valence-electron chi connectivity index (χ3n) is 2.87. The van der Waals surface area contributed by atoms with Crippen molar-refractivity contribution in [3.63, 3.8) is 0 Å². The Labute approximate surface area is 112 Å². The maximum absolute atomic E-state index is 5.72. The highest BCUT2D eigenvalue weighted by Gasteiger charge is 2.13. The SMILES string of the molecule is CCCC(Nc1ncc(N)cc1C)c1cccs1. The van der Waals surface area contributed by atoms with Crippen molar-refractivity contribution >= 4 is 22.8 Å². The fourth-order valence-corrected chi connectivity index (χ4v) is 2.79. The van der Waals surface area contributed by atoms with Gasteiger partial charge in [-0.1, -0.05) is 19.4 Å². The van der Waals surface area contributed by atoms with E-state index in [-0.39, 0.29) is 0 Å². The van der Waals surface area contributed by atoms with E-state index in [0.717, 1.165) is 24.2 Å². The minimum atomic E-state index is 0.338. The molecule has 0 saturated heterocycles. The number of nitrogens with zero attached hydrogens (tertiary/aromatic N) is 1. The Morgan fingerprint density at radius 2 is 2.33 bits per heavy atom. The zero-order valence-electron chi connectivity index (χ0n) is 10.8. The first-order valence-electron chi connectivity index (χ1n) is 6.22. The molecule has 0 fully saturated rings. The lowest BCUT2D eigenvalue weighted by Gasteiger charge is -2.18. The van der Waals surface area contributed by atoms with E-state index in [2.05, 4.69) is 34.7 Å². The molecule has 0 spiro atoms. The standard InChI is InChI=1S/C14H19N3S/c1-3-5-12(13-6-4-7-18-13)17-14-10(2)8-11(15)9-16-14/h4,6-9,12H,3,5,15H2,1-2H3,(H,16,17). The number of rotatable bonds is 5. The first kappa shape index (κ1) is 12.9. The van der Waals surface area contributed by atoms with Crippen LogP contribution in [0, 0.1) is 6.92 Å². The third kappa shape index (κ3) is 3.01. The number of nitrogen functional groups attached to an aromatic ring is 1. The van der Waals surface area contributed by atoms with Crippen molar-refractivity contribution in [2.75, 3.05) is 11.1 Å². The summed E-state index contributed by atoms with van der Waals surface area (Å²) in [6, 6.07) is 6.55. The van der Waals surface area contributed by atoms with Crippen LogP contribution in [0.5, 0.6) is 0 Å². The van der Waals surface area contributed by atoms with Crippen LogP contribution in [0.2, 0.25) is 0 Å². The Bertz CT molecular complexity index is 494. The molecule has 4 heteroatoms. The van der Waals surface area contributed by atoms with Crippen molar-refractivity contribution in [1.82, 2.24) is 4.98 Å². The van der Waals surface area contributed by atoms with Gasteiger partial charge in [0.15, 0.2) is 0 Å². The molecule has 2 heterocycles. The summed E-state index contributed by atoms with van der Waals surface area (Å²) in [5, 5.41) is 5.64. The van der Waals surface area contributed by atoms with Gasteiger partial charge < -0.3 is 11.1 Å². The molecular formula is C14H19N3S. The Morgan fingerprint density at radius 1 is 1.50 bits per heavy atom. The second kappa shape index (κ2) is 5.87. The molecular weight excluding hydrogens is 242 g/mol. The van der Waals surface area contributed by atoms with Crippen molar-refractivity contribution < 1.29 is 0 Å². The summed E-state index contributed by atoms with van der Waals surface area (Å²) in [6.45, 7) is 4.23. The lowest BCUT2D eigenvalue weighted by atomic mass is 10.1. The Morgan fingerprint density at radius 3 is 2.94 bits per heavy atom. The number of aromatic nitrogens is 1. The van der Waals surface area contributed by atoms with Crippen LogP contribution in [-0.4, -0.2) is 4.98 Å². The van der Waals surface area contributed by atoms with E-state index >= 15 is 0 Å². The van der Waals surface area contributed by atoms with Crippen LogP contribution >= 0.6 is 11.3 Å². The van der Waals surface area contributed by atoms with E-state index in [0.29, 0.717) is 11.7 Å². The number of hydrogen-bond donors (Lipinski definition) is 2. The van der Waals surface area contributed by atoms with Gasteiger partial charge in [-0.15, -0.1) is 11.3 Å². The lowest BCUT2D eigenvalue weighted by molar-refractivity contribution is 0.684. The van der Waals surface area contributed by atoms with Gasteiger partial charge >= 0.3 is 0 Å². The Balaban J connectivity index is 2.18. The van der Waals surface area contributed by atoms with Crippen LogP contribution in [0.1, 0.15) is 36.2 Å². The van der Waals surface area contributed by atoms with E-state index in [9.17, 15) is 0 Å². The minimum Gasteiger partial charge on any atom is -0.397 e. The Hall–Kier alpha value is -1.55. The van der Waals surface area contributed by atoms with Gasteiger partial charge in [-0.05, 0) is 36.4 Å². The number of pyridine rings is 1. The highest BCUT2D eigenvalue weighted by Crippen LogP contribution is 2.28. The van der Waals surface area contributed by atoms with Crippen molar-refractivity contribution in [2.24, 2.45) is 0 Å². The van der Waals surface area contributed by atoms with Crippen LogP contribution in [0.25, 0.3) is 0 Å². The fourth-order valence-electron chi connectivity index (χ4n) is 1.98. The number of nitrogens with two attached hydrogens (primary N) is 1. The largest absolute Gasteiger partial charge is 0.397 e. The quantitative estimate of drug-likeness (QED) is 0.855. The molecule has 3 nitrogen and oxygen atoms in total. The molecule has 2 aromatic rings. The van der Waals surface area contributed by atoms with E-state index in [1.165, 1.54) is 4.88 Å². The number of hydrogen-bond acceptors (Lipinski definition) is 4. The number of aryl methyl sites for hydroxylation is 1. The van der Waals surface area contributed by atoms with Crippen LogP contribution < -0.4 is 11.1 Å². The second-order valence-electron chi connectivity index (χ2n) is 4.44. The normalized spacial score (nSPS) is 12.3. The summed E-state index contributed by atoms with van der Waals surface area (Å²) in [7, 11) is 0. The Kier molecular flexibility index (Phi) is 4.20. The average Bonchev–Trinajstić information content (AvgIpc) is 2.85. The minimum absolute atomic E-state index is 0.338. The molecule has 0 aromatic carbocycles. The van der Waals surface area contributed by atoms with Crippen molar-refractivity contribution in [1.29, 1.82) is 0 Å². The molecule has 0 aliphatic heterocycles. The monoisotopic (exact) mass is 261 g/mol. The maximum Gasteiger partial charge on any atom is 0.129 e. The summed E-state index contributed by atoms with van der Waals surface area (Å²) in [5.74, 6) is 0.927. The summed E-state index contributed by atoms with van der Waals surface area (Å²) in [6.07, 6.45) is 3.95. The highest BCUT2D eigenvalue weighted by atomic mass is 32.1. The van der Waals surface area contributed by atoms with Crippen molar-refractivity contribution in [3.05, 3.63) is 40.2 Å². The zero-order chi connectivity index (χ0) is 13.0. The van der Waals surface area contributed by atoms with Crippen LogP contribution in [0.15, 0.2) is 29.8 Å². The summed E-state index contributed by atoms with van der Waals surface area (Å²) >= 11 is 1.78. The number of anilines is 2.